The number of morpholine rings is 1. The zero-order valence-electron chi connectivity index (χ0n) is 11.3. The van der Waals surface area contributed by atoms with E-state index in [1.807, 2.05) is 18.2 Å². The van der Waals surface area contributed by atoms with E-state index >= 15 is 0 Å². The fourth-order valence-corrected chi connectivity index (χ4v) is 2.54. The highest BCUT2D eigenvalue weighted by molar-refractivity contribution is 9.10. The number of carboxylic acid groups (broad SMARTS) is 1. The molecule has 1 aromatic carbocycles. The van der Waals surface area contributed by atoms with E-state index in [1.165, 1.54) is 4.90 Å². The summed E-state index contributed by atoms with van der Waals surface area (Å²) in [6, 6.07) is 6.80. The fourth-order valence-electron chi connectivity index (χ4n) is 2.14. The molecule has 1 saturated heterocycles. The van der Waals surface area contributed by atoms with E-state index in [0.29, 0.717) is 18.9 Å². The lowest BCUT2D eigenvalue weighted by molar-refractivity contribution is -0.147. The molecule has 1 aliphatic rings. The first-order valence-corrected chi connectivity index (χ1v) is 7.33. The summed E-state index contributed by atoms with van der Waals surface area (Å²) in [7, 11) is 0. The van der Waals surface area contributed by atoms with Gasteiger partial charge in [-0.25, -0.2) is 0 Å². The Morgan fingerprint density at radius 3 is 2.90 bits per heavy atom. The van der Waals surface area contributed by atoms with Crippen LogP contribution in [0.1, 0.15) is 6.42 Å². The van der Waals surface area contributed by atoms with Crippen LogP contribution in [0.15, 0.2) is 28.7 Å². The molecule has 1 aliphatic heterocycles. The molecular formula is C14H16BrNO5. The Balaban J connectivity index is 1.94. The highest BCUT2D eigenvalue weighted by Gasteiger charge is 2.29. The number of benzene rings is 1. The van der Waals surface area contributed by atoms with E-state index in [1.54, 1.807) is 6.07 Å². The minimum absolute atomic E-state index is 0.124. The molecule has 0 saturated carbocycles. The van der Waals surface area contributed by atoms with Gasteiger partial charge in [0.15, 0.2) is 6.61 Å². The van der Waals surface area contributed by atoms with Gasteiger partial charge in [-0.05, 0) is 28.1 Å². The highest BCUT2D eigenvalue weighted by atomic mass is 79.9. The summed E-state index contributed by atoms with van der Waals surface area (Å²) in [6.07, 6.45) is -0.124. The van der Waals surface area contributed by atoms with Crippen molar-refractivity contribution in [3.8, 4) is 5.75 Å². The molecule has 6 nitrogen and oxygen atoms in total. The molecule has 1 unspecified atom stereocenters. The predicted octanol–water partition coefficient (Wildman–Crippen LogP) is 1.53. The second kappa shape index (κ2) is 7.42. The molecule has 114 valence electrons. The van der Waals surface area contributed by atoms with Crippen LogP contribution in [0.2, 0.25) is 0 Å². The number of carbonyl (C=O) groups excluding carboxylic acids is 1. The summed E-state index contributed by atoms with van der Waals surface area (Å²) >= 11 is 3.34. The summed E-state index contributed by atoms with van der Waals surface area (Å²) in [6.45, 7) is 0.915. The number of para-hydroxylation sites is 1. The monoisotopic (exact) mass is 357 g/mol. The van der Waals surface area contributed by atoms with Crippen molar-refractivity contribution in [1.82, 2.24) is 4.90 Å². The number of hydrogen-bond acceptors (Lipinski definition) is 4. The maximum Gasteiger partial charge on any atom is 0.305 e. The number of amides is 1. The van der Waals surface area contributed by atoms with Crippen molar-refractivity contribution in [3.05, 3.63) is 28.7 Å². The Labute approximate surface area is 130 Å². The number of nitrogens with zero attached hydrogens (tertiary/aromatic N) is 1. The zero-order chi connectivity index (χ0) is 15.2. The molecule has 21 heavy (non-hydrogen) atoms. The number of aliphatic carboxylic acids is 1. The standard InChI is InChI=1S/C14H16BrNO5/c15-11-3-1-2-4-12(11)21-9-13(17)16-5-6-20-8-10(16)7-14(18)19/h1-4,10H,5-9H2,(H,18,19). The van der Waals surface area contributed by atoms with Gasteiger partial charge in [0.2, 0.25) is 0 Å². The van der Waals surface area contributed by atoms with Gasteiger partial charge in [0.05, 0.1) is 30.1 Å². The quantitative estimate of drug-likeness (QED) is 0.864. The van der Waals surface area contributed by atoms with Crippen LogP contribution in [-0.4, -0.2) is 54.3 Å². The molecule has 1 aromatic rings. The minimum atomic E-state index is -0.949. The lowest BCUT2D eigenvalue weighted by atomic mass is 10.1. The van der Waals surface area contributed by atoms with Crippen LogP contribution in [-0.2, 0) is 14.3 Å². The third kappa shape index (κ3) is 4.44. The normalized spacial score (nSPS) is 18.3. The van der Waals surface area contributed by atoms with E-state index in [4.69, 9.17) is 14.6 Å². The fraction of sp³-hybridized carbons (Fsp3) is 0.429. The molecule has 1 amide bonds. The Kier molecular flexibility index (Phi) is 5.58. The number of halogens is 1. The third-order valence-corrected chi connectivity index (χ3v) is 3.80. The lowest BCUT2D eigenvalue weighted by Crippen LogP contribution is -2.51. The smallest absolute Gasteiger partial charge is 0.305 e. The van der Waals surface area contributed by atoms with E-state index in [0.717, 1.165) is 4.47 Å². The average Bonchev–Trinajstić information content (AvgIpc) is 2.46. The molecule has 7 heteroatoms. The summed E-state index contributed by atoms with van der Waals surface area (Å²) in [5.41, 5.74) is 0. The number of carbonyl (C=O) groups is 2. The van der Waals surface area contributed by atoms with Gasteiger partial charge >= 0.3 is 5.97 Å². The van der Waals surface area contributed by atoms with Crippen molar-refractivity contribution in [3.63, 3.8) is 0 Å². The molecule has 1 atom stereocenters. The Morgan fingerprint density at radius 2 is 2.19 bits per heavy atom. The van der Waals surface area contributed by atoms with Gasteiger partial charge in [-0.1, -0.05) is 12.1 Å². The average molecular weight is 358 g/mol. The molecule has 1 fully saturated rings. The number of carboxylic acids is 1. The van der Waals surface area contributed by atoms with Crippen LogP contribution in [0.4, 0.5) is 0 Å². The SMILES string of the molecule is O=C(O)CC1COCCN1C(=O)COc1ccccc1Br. The van der Waals surface area contributed by atoms with E-state index in [2.05, 4.69) is 15.9 Å². The Bertz CT molecular complexity index is 522. The largest absolute Gasteiger partial charge is 0.483 e. The van der Waals surface area contributed by atoms with Crippen molar-refractivity contribution in [2.75, 3.05) is 26.4 Å². The van der Waals surface area contributed by atoms with Crippen molar-refractivity contribution < 1.29 is 24.2 Å². The van der Waals surface area contributed by atoms with Crippen LogP contribution in [0.25, 0.3) is 0 Å². The predicted molar refractivity (Wildman–Crippen MR) is 78.2 cm³/mol. The van der Waals surface area contributed by atoms with E-state index in [-0.39, 0.29) is 25.5 Å². The lowest BCUT2D eigenvalue weighted by Gasteiger charge is -2.34. The minimum Gasteiger partial charge on any atom is -0.483 e. The van der Waals surface area contributed by atoms with Crippen LogP contribution in [0.5, 0.6) is 5.75 Å². The molecule has 1 heterocycles. The van der Waals surface area contributed by atoms with Crippen LogP contribution in [0.3, 0.4) is 0 Å². The molecule has 0 spiro atoms. The topological polar surface area (TPSA) is 76.1 Å². The van der Waals surface area contributed by atoms with Gasteiger partial charge in [0.1, 0.15) is 5.75 Å². The first kappa shape index (κ1) is 15.8. The molecule has 1 N–H and O–H groups in total. The van der Waals surface area contributed by atoms with Gasteiger partial charge in [-0.2, -0.15) is 0 Å². The van der Waals surface area contributed by atoms with Crippen LogP contribution < -0.4 is 4.74 Å². The molecule has 0 bridgehead atoms. The first-order chi connectivity index (χ1) is 10.1. The van der Waals surface area contributed by atoms with Gasteiger partial charge in [-0.15, -0.1) is 0 Å². The van der Waals surface area contributed by atoms with E-state index < -0.39 is 12.0 Å². The van der Waals surface area contributed by atoms with Crippen LogP contribution in [0, 0.1) is 0 Å². The van der Waals surface area contributed by atoms with E-state index in [9.17, 15) is 9.59 Å². The summed E-state index contributed by atoms with van der Waals surface area (Å²) in [5, 5.41) is 8.88. The molecule has 0 aliphatic carbocycles. The molecular weight excluding hydrogens is 342 g/mol. The maximum absolute atomic E-state index is 12.2. The van der Waals surface area contributed by atoms with Gasteiger partial charge in [-0.3, -0.25) is 9.59 Å². The van der Waals surface area contributed by atoms with Crippen molar-refractivity contribution >= 4 is 27.8 Å². The van der Waals surface area contributed by atoms with Crippen LogP contribution >= 0.6 is 15.9 Å². The summed E-state index contributed by atoms with van der Waals surface area (Å²) < 4.78 is 11.5. The Hall–Kier alpha value is -1.60. The number of rotatable bonds is 5. The second-order valence-corrected chi connectivity index (χ2v) is 5.49. The third-order valence-electron chi connectivity index (χ3n) is 3.15. The van der Waals surface area contributed by atoms with Gasteiger partial charge in [0.25, 0.3) is 5.91 Å². The van der Waals surface area contributed by atoms with Crippen molar-refractivity contribution in [2.24, 2.45) is 0 Å². The molecule has 0 radical (unpaired) electrons. The Morgan fingerprint density at radius 1 is 1.43 bits per heavy atom. The first-order valence-electron chi connectivity index (χ1n) is 6.54. The van der Waals surface area contributed by atoms with Crippen molar-refractivity contribution in [2.45, 2.75) is 12.5 Å². The highest BCUT2D eigenvalue weighted by Crippen LogP contribution is 2.24. The summed E-state index contributed by atoms with van der Waals surface area (Å²) in [4.78, 5) is 24.6. The summed E-state index contributed by atoms with van der Waals surface area (Å²) in [5.74, 6) is -0.607. The maximum atomic E-state index is 12.2. The second-order valence-electron chi connectivity index (χ2n) is 4.63. The van der Waals surface area contributed by atoms with Gasteiger partial charge in [0, 0.05) is 6.54 Å². The number of ether oxygens (including phenoxy) is 2. The molecule has 0 aromatic heterocycles. The molecule has 2 rings (SSSR count). The van der Waals surface area contributed by atoms with Gasteiger partial charge < -0.3 is 19.5 Å². The van der Waals surface area contributed by atoms with Crippen molar-refractivity contribution in [1.29, 1.82) is 0 Å². The number of hydrogen-bond donors (Lipinski definition) is 1. The zero-order valence-corrected chi connectivity index (χ0v) is 12.9.